The maximum Gasteiger partial charge on any atom is 0.263 e. The third-order valence-electron chi connectivity index (χ3n) is 3.84. The average molecular weight is 398 g/mol. The highest BCUT2D eigenvalue weighted by molar-refractivity contribution is 7.13. The molecule has 3 heterocycles. The zero-order chi connectivity index (χ0) is 20.1. The molecule has 0 spiro atoms. The molecule has 3 rings (SSSR count). The van der Waals surface area contributed by atoms with Crippen LogP contribution in [0.4, 0.5) is 17.5 Å². The van der Waals surface area contributed by atoms with Crippen LogP contribution in [0.3, 0.4) is 0 Å². The SMILES string of the molecule is Cc1ccnc(Nc2cc(NCCNC(=O)c3sc(C)nc3C)nc(C)n2)c1. The number of pyridine rings is 1. The second-order valence-corrected chi connectivity index (χ2v) is 7.56. The minimum Gasteiger partial charge on any atom is -0.368 e. The van der Waals surface area contributed by atoms with Gasteiger partial charge >= 0.3 is 0 Å². The van der Waals surface area contributed by atoms with Gasteiger partial charge in [-0.15, -0.1) is 11.3 Å². The molecule has 0 fully saturated rings. The molecule has 0 aliphatic carbocycles. The third kappa shape index (κ3) is 5.23. The smallest absolute Gasteiger partial charge is 0.263 e. The van der Waals surface area contributed by atoms with Crippen LogP contribution >= 0.6 is 11.3 Å². The first-order valence-electron chi connectivity index (χ1n) is 8.92. The standard InChI is InChI=1S/C19H23N7OS/c1-11-5-6-20-15(9-11)26-17-10-16(24-13(3)25-17)21-7-8-22-19(27)18-12(2)23-14(4)28-18/h5-6,9-10H,7-8H2,1-4H3,(H,22,27)(H2,20,21,24,25,26). The van der Waals surface area contributed by atoms with E-state index in [1.54, 1.807) is 6.20 Å². The van der Waals surface area contributed by atoms with Gasteiger partial charge in [0.2, 0.25) is 0 Å². The largest absolute Gasteiger partial charge is 0.368 e. The Labute approximate surface area is 167 Å². The number of hydrogen-bond acceptors (Lipinski definition) is 8. The molecule has 0 bridgehead atoms. The van der Waals surface area contributed by atoms with E-state index in [1.807, 2.05) is 45.9 Å². The van der Waals surface area contributed by atoms with Crippen LogP contribution in [0.15, 0.2) is 24.4 Å². The van der Waals surface area contributed by atoms with Gasteiger partial charge in [-0.25, -0.2) is 19.9 Å². The first-order valence-corrected chi connectivity index (χ1v) is 9.74. The second kappa shape index (κ2) is 8.75. The predicted octanol–water partition coefficient (Wildman–Crippen LogP) is 3.15. The maximum absolute atomic E-state index is 12.2. The van der Waals surface area contributed by atoms with Crippen molar-refractivity contribution in [2.45, 2.75) is 27.7 Å². The molecule has 9 heteroatoms. The molecule has 3 aromatic rings. The highest BCUT2D eigenvalue weighted by atomic mass is 32.1. The van der Waals surface area contributed by atoms with Gasteiger partial charge in [0.15, 0.2) is 0 Å². The van der Waals surface area contributed by atoms with E-state index in [0.29, 0.717) is 35.4 Å². The topological polar surface area (TPSA) is 105 Å². The molecular weight excluding hydrogens is 374 g/mol. The number of carbonyl (C=O) groups is 1. The Morgan fingerprint density at radius 2 is 1.79 bits per heavy atom. The van der Waals surface area contributed by atoms with Crippen LogP contribution in [0.2, 0.25) is 0 Å². The predicted molar refractivity (Wildman–Crippen MR) is 111 cm³/mol. The van der Waals surface area contributed by atoms with E-state index < -0.39 is 0 Å². The lowest BCUT2D eigenvalue weighted by molar-refractivity contribution is 0.0958. The number of amides is 1. The van der Waals surface area contributed by atoms with E-state index in [1.165, 1.54) is 11.3 Å². The van der Waals surface area contributed by atoms with Gasteiger partial charge < -0.3 is 16.0 Å². The quantitative estimate of drug-likeness (QED) is 0.526. The van der Waals surface area contributed by atoms with Gasteiger partial charge in [0.25, 0.3) is 5.91 Å². The Balaban J connectivity index is 1.55. The summed E-state index contributed by atoms with van der Waals surface area (Å²) in [4.78, 5) is 30.2. The summed E-state index contributed by atoms with van der Waals surface area (Å²) in [6, 6.07) is 5.70. The first-order chi connectivity index (χ1) is 13.4. The fourth-order valence-corrected chi connectivity index (χ4v) is 3.48. The van der Waals surface area contributed by atoms with Gasteiger partial charge in [0, 0.05) is 25.4 Å². The molecule has 0 unspecified atom stereocenters. The molecule has 0 saturated carbocycles. The van der Waals surface area contributed by atoms with Crippen LogP contribution in [-0.2, 0) is 0 Å². The first kappa shape index (κ1) is 19.7. The van der Waals surface area contributed by atoms with Crippen molar-refractivity contribution in [3.05, 3.63) is 51.4 Å². The normalized spacial score (nSPS) is 10.6. The van der Waals surface area contributed by atoms with E-state index in [0.717, 1.165) is 22.1 Å². The monoisotopic (exact) mass is 397 g/mol. The number of nitrogens with one attached hydrogen (secondary N) is 3. The summed E-state index contributed by atoms with van der Waals surface area (Å²) < 4.78 is 0. The molecule has 28 heavy (non-hydrogen) atoms. The lowest BCUT2D eigenvalue weighted by Gasteiger charge is -2.10. The third-order valence-corrected chi connectivity index (χ3v) is 4.91. The average Bonchev–Trinajstić information content (AvgIpc) is 2.96. The highest BCUT2D eigenvalue weighted by Gasteiger charge is 2.13. The van der Waals surface area contributed by atoms with E-state index >= 15 is 0 Å². The van der Waals surface area contributed by atoms with Crippen LogP contribution in [-0.4, -0.2) is 38.9 Å². The number of aromatic nitrogens is 4. The van der Waals surface area contributed by atoms with Crippen molar-refractivity contribution in [1.29, 1.82) is 0 Å². The summed E-state index contributed by atoms with van der Waals surface area (Å²) in [5, 5.41) is 10.2. The van der Waals surface area contributed by atoms with Crippen LogP contribution in [0.25, 0.3) is 0 Å². The number of hydrogen-bond donors (Lipinski definition) is 3. The fourth-order valence-electron chi connectivity index (χ4n) is 2.65. The van der Waals surface area contributed by atoms with Crippen LogP contribution in [0.1, 0.15) is 31.8 Å². The van der Waals surface area contributed by atoms with E-state index in [4.69, 9.17) is 0 Å². The zero-order valence-corrected chi connectivity index (χ0v) is 17.1. The molecular formula is C19H23N7OS. The maximum atomic E-state index is 12.2. The van der Waals surface area contributed by atoms with Crippen molar-refractivity contribution in [2.75, 3.05) is 23.7 Å². The van der Waals surface area contributed by atoms with Gasteiger partial charge in [-0.1, -0.05) is 0 Å². The van der Waals surface area contributed by atoms with Crippen molar-refractivity contribution in [2.24, 2.45) is 0 Å². The molecule has 0 aliphatic heterocycles. The van der Waals surface area contributed by atoms with Gasteiger partial charge in [0.05, 0.1) is 10.7 Å². The summed E-state index contributed by atoms with van der Waals surface area (Å²) >= 11 is 1.40. The van der Waals surface area contributed by atoms with Crippen LogP contribution in [0, 0.1) is 27.7 Å². The number of aryl methyl sites for hydroxylation is 4. The lowest BCUT2D eigenvalue weighted by atomic mass is 10.3. The summed E-state index contributed by atoms with van der Waals surface area (Å²) in [5.41, 5.74) is 1.88. The summed E-state index contributed by atoms with van der Waals surface area (Å²) in [6.07, 6.45) is 1.75. The van der Waals surface area contributed by atoms with Crippen molar-refractivity contribution in [3.63, 3.8) is 0 Å². The number of anilines is 3. The van der Waals surface area contributed by atoms with Crippen molar-refractivity contribution < 1.29 is 4.79 Å². The molecule has 1 amide bonds. The minimum absolute atomic E-state index is 0.100. The zero-order valence-electron chi connectivity index (χ0n) is 16.3. The second-order valence-electron chi connectivity index (χ2n) is 6.36. The lowest BCUT2D eigenvalue weighted by Crippen LogP contribution is -2.28. The number of rotatable bonds is 7. The van der Waals surface area contributed by atoms with E-state index in [2.05, 4.69) is 35.9 Å². The Kier molecular flexibility index (Phi) is 6.15. The Hall–Kier alpha value is -3.07. The molecule has 0 aliphatic rings. The number of carbonyl (C=O) groups excluding carboxylic acids is 1. The highest BCUT2D eigenvalue weighted by Crippen LogP contribution is 2.17. The van der Waals surface area contributed by atoms with Crippen molar-refractivity contribution in [1.82, 2.24) is 25.3 Å². The Morgan fingerprint density at radius 1 is 1.00 bits per heavy atom. The summed E-state index contributed by atoms with van der Waals surface area (Å²) in [6.45, 7) is 8.59. The van der Waals surface area contributed by atoms with Crippen molar-refractivity contribution in [3.8, 4) is 0 Å². The Bertz CT molecular complexity index is 986. The molecule has 8 nitrogen and oxygen atoms in total. The van der Waals surface area contributed by atoms with Gasteiger partial charge in [0.1, 0.15) is 28.2 Å². The molecule has 0 saturated heterocycles. The van der Waals surface area contributed by atoms with Crippen molar-refractivity contribution >= 4 is 34.7 Å². The fraction of sp³-hybridized carbons (Fsp3) is 0.316. The minimum atomic E-state index is -0.100. The van der Waals surface area contributed by atoms with Gasteiger partial charge in [-0.05, 0) is 45.4 Å². The summed E-state index contributed by atoms with van der Waals surface area (Å²) in [5.74, 6) is 2.61. The molecule has 0 radical (unpaired) electrons. The molecule has 0 aromatic carbocycles. The van der Waals surface area contributed by atoms with Crippen LogP contribution < -0.4 is 16.0 Å². The number of thiazole rings is 1. The molecule has 3 N–H and O–H groups in total. The summed E-state index contributed by atoms with van der Waals surface area (Å²) in [7, 11) is 0. The molecule has 146 valence electrons. The van der Waals surface area contributed by atoms with Gasteiger partial charge in [-0.2, -0.15) is 0 Å². The Morgan fingerprint density at radius 3 is 2.50 bits per heavy atom. The molecule has 3 aromatic heterocycles. The number of nitrogens with zero attached hydrogens (tertiary/aromatic N) is 4. The van der Waals surface area contributed by atoms with Gasteiger partial charge in [-0.3, -0.25) is 4.79 Å². The van der Waals surface area contributed by atoms with Crippen LogP contribution in [0.5, 0.6) is 0 Å². The van der Waals surface area contributed by atoms with E-state index in [9.17, 15) is 4.79 Å². The van der Waals surface area contributed by atoms with E-state index in [-0.39, 0.29) is 5.91 Å². The molecule has 0 atom stereocenters.